The lowest BCUT2D eigenvalue weighted by Crippen LogP contribution is -2.48. The molecule has 0 saturated carbocycles. The Kier molecular flexibility index (Phi) is 5.47. The van der Waals surface area contributed by atoms with Gasteiger partial charge in [-0.05, 0) is 30.3 Å². The van der Waals surface area contributed by atoms with E-state index in [2.05, 4.69) is 15.0 Å². The van der Waals surface area contributed by atoms with Crippen LogP contribution in [0.15, 0.2) is 61.1 Å². The molecule has 0 aliphatic carbocycles. The zero-order valence-corrected chi connectivity index (χ0v) is 19.2. The predicted molar refractivity (Wildman–Crippen MR) is 121 cm³/mol. The maximum Gasteiger partial charge on any atom is 0.420 e. The number of anilines is 1. The zero-order chi connectivity index (χ0) is 23.2. The minimum Gasteiger partial charge on any atom is -0.408 e. The molecule has 0 bridgehead atoms. The van der Waals surface area contributed by atoms with Crippen molar-refractivity contribution in [1.29, 1.82) is 0 Å². The first-order valence-electron chi connectivity index (χ1n) is 10.2. The van der Waals surface area contributed by atoms with Gasteiger partial charge in [-0.15, -0.1) is 0 Å². The number of fused-ring (bicyclic) bond motifs is 1. The summed E-state index contributed by atoms with van der Waals surface area (Å²) in [5.41, 5.74) is 1.59. The van der Waals surface area contributed by atoms with Crippen molar-refractivity contribution in [2.24, 2.45) is 0 Å². The molecule has 0 N–H and O–H groups in total. The van der Waals surface area contributed by atoms with Gasteiger partial charge in [0.05, 0.1) is 17.0 Å². The maximum atomic E-state index is 13.2. The van der Waals surface area contributed by atoms with Crippen LogP contribution in [0.4, 0.5) is 5.69 Å². The quantitative estimate of drug-likeness (QED) is 0.420. The van der Waals surface area contributed by atoms with Crippen LogP contribution in [-0.2, 0) is 16.6 Å². The van der Waals surface area contributed by atoms with Crippen LogP contribution in [0.2, 0.25) is 5.02 Å². The van der Waals surface area contributed by atoms with Gasteiger partial charge in [0, 0.05) is 49.9 Å². The molecule has 4 aromatic rings. The number of oxazole rings is 1. The van der Waals surface area contributed by atoms with Crippen molar-refractivity contribution in [3.8, 4) is 0 Å². The van der Waals surface area contributed by atoms with E-state index < -0.39 is 15.8 Å². The van der Waals surface area contributed by atoms with E-state index in [0.717, 1.165) is 5.69 Å². The summed E-state index contributed by atoms with van der Waals surface area (Å²) in [4.78, 5) is 18.6. The van der Waals surface area contributed by atoms with E-state index in [9.17, 15) is 13.2 Å². The molecule has 0 spiro atoms. The normalized spacial score (nSPS) is 15.4. The van der Waals surface area contributed by atoms with Crippen LogP contribution >= 0.6 is 11.6 Å². The fourth-order valence-electron chi connectivity index (χ4n) is 3.91. The lowest BCUT2D eigenvalue weighted by Gasteiger charge is -2.35. The van der Waals surface area contributed by atoms with Crippen LogP contribution in [0.1, 0.15) is 11.7 Å². The van der Waals surface area contributed by atoms with Crippen molar-refractivity contribution in [2.75, 3.05) is 31.1 Å². The molecule has 1 aliphatic rings. The molecule has 172 valence electrons. The minimum atomic E-state index is -3.76. The molecule has 2 aromatic carbocycles. The number of halogens is 1. The molecule has 1 fully saturated rings. The number of benzene rings is 2. The number of aryl methyl sites for hydroxylation is 1. The summed E-state index contributed by atoms with van der Waals surface area (Å²) in [6, 6.07) is 11.9. The first kappa shape index (κ1) is 21.7. The van der Waals surface area contributed by atoms with Gasteiger partial charge in [-0.2, -0.15) is 9.29 Å². The van der Waals surface area contributed by atoms with Gasteiger partial charge in [0.2, 0.25) is 15.9 Å². The fourth-order valence-corrected chi connectivity index (χ4v) is 5.54. The van der Waals surface area contributed by atoms with Crippen LogP contribution < -0.4 is 10.7 Å². The molecule has 12 heteroatoms. The van der Waals surface area contributed by atoms with E-state index in [1.807, 2.05) is 18.2 Å². The van der Waals surface area contributed by atoms with Gasteiger partial charge in [-0.25, -0.2) is 13.2 Å². The second-order valence-electron chi connectivity index (χ2n) is 7.68. The summed E-state index contributed by atoms with van der Waals surface area (Å²) in [7, 11) is -3.76. The number of hydrogen-bond acceptors (Lipinski definition) is 8. The van der Waals surface area contributed by atoms with Gasteiger partial charge in [0.15, 0.2) is 11.4 Å². The van der Waals surface area contributed by atoms with Gasteiger partial charge in [-0.1, -0.05) is 22.8 Å². The highest BCUT2D eigenvalue weighted by atomic mass is 35.5. The average molecular weight is 490 g/mol. The van der Waals surface area contributed by atoms with E-state index >= 15 is 0 Å². The fraction of sp³-hybridized carbons (Fsp3) is 0.286. The van der Waals surface area contributed by atoms with Crippen molar-refractivity contribution in [2.45, 2.75) is 18.4 Å². The Morgan fingerprint density at radius 3 is 2.58 bits per heavy atom. The Morgan fingerprint density at radius 2 is 1.88 bits per heavy atom. The topological polar surface area (TPSA) is 115 Å². The first-order chi connectivity index (χ1) is 15.8. The van der Waals surface area contributed by atoms with E-state index in [-0.39, 0.29) is 17.0 Å². The smallest absolute Gasteiger partial charge is 0.408 e. The third-order valence-corrected chi connectivity index (χ3v) is 7.69. The molecule has 0 atom stereocenters. The van der Waals surface area contributed by atoms with Gasteiger partial charge < -0.3 is 13.8 Å². The third-order valence-electron chi connectivity index (χ3n) is 5.56. The molecule has 2 aromatic heterocycles. The highest BCUT2D eigenvalue weighted by Crippen LogP contribution is 2.25. The summed E-state index contributed by atoms with van der Waals surface area (Å²) in [5.74, 6) is 0.0818. The first-order valence-corrected chi connectivity index (χ1v) is 12.1. The lowest BCUT2D eigenvalue weighted by atomic mass is 10.2. The second kappa shape index (κ2) is 8.32. The number of rotatable bonds is 5. The standard InChI is InChI=1S/C21H20ClN5O5S/c1-14-23-20(24-32-14)13-27-18-6-5-17(12-19(18)31-21(27)28)33(29,30)26-9-7-25(8-10-26)16-4-2-3-15(22)11-16/h2-6,11-12H,7-10,13H2,1H3. The van der Waals surface area contributed by atoms with Gasteiger partial charge in [0.25, 0.3) is 0 Å². The SMILES string of the molecule is Cc1nc(Cn2c(=O)oc3cc(S(=O)(=O)N4CCN(c5cccc(Cl)c5)CC4)ccc32)no1. The van der Waals surface area contributed by atoms with E-state index in [4.69, 9.17) is 20.5 Å². The number of hydrogen-bond donors (Lipinski definition) is 0. The Hall–Kier alpha value is -3.15. The predicted octanol–water partition coefficient (Wildman–Crippen LogP) is 2.50. The molecule has 5 rings (SSSR count). The molecule has 1 saturated heterocycles. The summed E-state index contributed by atoms with van der Waals surface area (Å²) in [6.45, 7) is 3.44. The third kappa shape index (κ3) is 4.14. The highest BCUT2D eigenvalue weighted by molar-refractivity contribution is 7.89. The summed E-state index contributed by atoms with van der Waals surface area (Å²) < 4.78 is 39.5. The van der Waals surface area contributed by atoms with Crippen LogP contribution in [0.5, 0.6) is 0 Å². The summed E-state index contributed by atoms with van der Waals surface area (Å²) in [6.07, 6.45) is 0. The number of nitrogens with zero attached hydrogens (tertiary/aromatic N) is 5. The second-order valence-corrected chi connectivity index (χ2v) is 10.1. The van der Waals surface area contributed by atoms with Crippen molar-refractivity contribution >= 4 is 38.4 Å². The van der Waals surface area contributed by atoms with E-state index in [0.29, 0.717) is 48.4 Å². The summed E-state index contributed by atoms with van der Waals surface area (Å²) in [5, 5.41) is 4.43. The van der Waals surface area contributed by atoms with Gasteiger partial charge >= 0.3 is 5.76 Å². The number of aromatic nitrogens is 3. The monoisotopic (exact) mass is 489 g/mol. The molecule has 1 aliphatic heterocycles. The van der Waals surface area contributed by atoms with Gasteiger partial charge in [0.1, 0.15) is 0 Å². The maximum absolute atomic E-state index is 13.2. The number of sulfonamides is 1. The lowest BCUT2D eigenvalue weighted by molar-refractivity contribution is 0.384. The molecular weight excluding hydrogens is 470 g/mol. The minimum absolute atomic E-state index is 0.0563. The Labute approximate surface area is 194 Å². The van der Waals surface area contributed by atoms with Crippen molar-refractivity contribution < 1.29 is 17.4 Å². The van der Waals surface area contributed by atoms with Crippen LogP contribution in [0.3, 0.4) is 0 Å². The number of piperazine rings is 1. The average Bonchev–Trinajstić information content (AvgIpc) is 3.35. The van der Waals surface area contributed by atoms with Gasteiger partial charge in [-0.3, -0.25) is 4.57 Å². The van der Waals surface area contributed by atoms with Crippen molar-refractivity contribution in [1.82, 2.24) is 19.0 Å². The van der Waals surface area contributed by atoms with Crippen LogP contribution in [-0.4, -0.2) is 53.6 Å². The van der Waals surface area contributed by atoms with Crippen molar-refractivity contribution in [3.63, 3.8) is 0 Å². The van der Waals surface area contributed by atoms with Crippen LogP contribution in [0.25, 0.3) is 11.1 Å². The molecule has 0 unspecified atom stereocenters. The summed E-state index contributed by atoms with van der Waals surface area (Å²) >= 11 is 6.07. The molecule has 0 radical (unpaired) electrons. The molecule has 33 heavy (non-hydrogen) atoms. The highest BCUT2D eigenvalue weighted by Gasteiger charge is 2.29. The molecule has 3 heterocycles. The van der Waals surface area contributed by atoms with E-state index in [1.54, 1.807) is 19.1 Å². The molecule has 0 amide bonds. The molecule has 10 nitrogen and oxygen atoms in total. The Bertz CT molecular complexity index is 1480. The Balaban J connectivity index is 1.37. The van der Waals surface area contributed by atoms with Crippen molar-refractivity contribution in [3.05, 3.63) is 69.8 Å². The molecular formula is C21H20ClN5O5S. The largest absolute Gasteiger partial charge is 0.420 e. The van der Waals surface area contributed by atoms with E-state index in [1.165, 1.54) is 21.0 Å². The zero-order valence-electron chi connectivity index (χ0n) is 17.6. The van der Waals surface area contributed by atoms with Crippen LogP contribution in [0, 0.1) is 6.92 Å². The Morgan fingerprint density at radius 1 is 1.09 bits per heavy atom.